The number of hydrogen-bond donors (Lipinski definition) is 0. The zero-order valence-corrected chi connectivity index (χ0v) is 28.3. The molecule has 12 aromatic rings. The Labute approximate surface area is 296 Å². The van der Waals surface area contributed by atoms with Crippen LogP contribution in [0.15, 0.2) is 170 Å². The molecule has 0 saturated heterocycles. The van der Waals surface area contributed by atoms with Gasteiger partial charge in [-0.05, 0) is 99.0 Å². The molecule has 0 saturated carbocycles. The van der Waals surface area contributed by atoms with E-state index in [9.17, 15) is 0 Å². The van der Waals surface area contributed by atoms with Gasteiger partial charge in [-0.15, -0.1) is 11.3 Å². The number of fused-ring (bicyclic) bond motifs is 15. The minimum Gasteiger partial charge on any atom is -0.309 e. The summed E-state index contributed by atoms with van der Waals surface area (Å²) in [4.78, 5) is 0. The molecule has 236 valence electrons. The molecule has 0 aliphatic carbocycles. The molecule has 0 aliphatic rings. The number of nitrogens with zero attached hydrogens (tertiary/aromatic N) is 2. The Hall–Kier alpha value is -6.42. The number of thiophene rings is 1. The van der Waals surface area contributed by atoms with E-state index in [1.54, 1.807) is 0 Å². The number of rotatable bonds is 2. The minimum atomic E-state index is 1.16. The van der Waals surface area contributed by atoms with E-state index in [0.29, 0.717) is 0 Å². The molecule has 51 heavy (non-hydrogen) atoms. The summed E-state index contributed by atoms with van der Waals surface area (Å²) in [5, 5.41) is 15.5. The van der Waals surface area contributed by atoms with E-state index < -0.39 is 0 Å². The molecule has 3 heteroatoms. The molecule has 2 nitrogen and oxygen atoms in total. The van der Waals surface area contributed by atoms with Crippen molar-refractivity contribution in [3.05, 3.63) is 170 Å². The highest BCUT2D eigenvalue weighted by Crippen LogP contribution is 2.45. The third-order valence-corrected chi connectivity index (χ3v) is 12.2. The molecule has 0 bridgehead atoms. The van der Waals surface area contributed by atoms with Gasteiger partial charge in [0.2, 0.25) is 0 Å². The van der Waals surface area contributed by atoms with Gasteiger partial charge in [-0.2, -0.15) is 0 Å². The average molecular weight is 665 g/mol. The average Bonchev–Trinajstić information content (AvgIpc) is 3.84. The lowest BCUT2D eigenvalue weighted by atomic mass is 9.92. The molecule has 0 amide bonds. The highest BCUT2D eigenvalue weighted by molar-refractivity contribution is 7.25. The second-order valence-corrected chi connectivity index (χ2v) is 14.8. The Morgan fingerprint density at radius 1 is 0.255 bits per heavy atom. The van der Waals surface area contributed by atoms with Gasteiger partial charge in [0, 0.05) is 53.1 Å². The van der Waals surface area contributed by atoms with E-state index >= 15 is 0 Å². The van der Waals surface area contributed by atoms with Gasteiger partial charge in [-0.25, -0.2) is 0 Å². The van der Waals surface area contributed by atoms with Gasteiger partial charge in [0.05, 0.1) is 22.1 Å². The van der Waals surface area contributed by atoms with Crippen LogP contribution in [0.4, 0.5) is 0 Å². The molecule has 12 rings (SSSR count). The van der Waals surface area contributed by atoms with E-state index in [1.807, 2.05) is 11.3 Å². The van der Waals surface area contributed by atoms with Crippen LogP contribution in [0.5, 0.6) is 0 Å². The third kappa shape index (κ3) is 3.71. The van der Waals surface area contributed by atoms with Crippen molar-refractivity contribution < 1.29 is 0 Å². The van der Waals surface area contributed by atoms with Crippen molar-refractivity contribution in [1.29, 1.82) is 0 Å². The predicted molar refractivity (Wildman–Crippen MR) is 221 cm³/mol. The lowest BCUT2D eigenvalue weighted by Crippen LogP contribution is -1.97. The van der Waals surface area contributed by atoms with Gasteiger partial charge in [0.1, 0.15) is 0 Å². The van der Waals surface area contributed by atoms with Crippen LogP contribution in [-0.4, -0.2) is 9.13 Å². The quantitative estimate of drug-likeness (QED) is 0.163. The molecule has 0 unspecified atom stereocenters. The molecule has 3 heterocycles. The number of para-hydroxylation sites is 3. The monoisotopic (exact) mass is 664 g/mol. The molecule has 0 radical (unpaired) electrons. The summed E-state index contributed by atoms with van der Waals surface area (Å²) >= 11 is 1.89. The molecule has 0 aliphatic heterocycles. The SMILES string of the molecule is c1ccc(-n2c3ccccc3c3ccc(-n4c5ccccc5c5cc6c7ccccc7c7cc8c(cc7c6cc54)sc4ccccc48)cc32)cc1. The molecular weight excluding hydrogens is 637 g/mol. The fourth-order valence-corrected chi connectivity index (χ4v) is 9.99. The van der Waals surface area contributed by atoms with Crippen molar-refractivity contribution in [2.75, 3.05) is 0 Å². The van der Waals surface area contributed by atoms with Crippen LogP contribution in [0.3, 0.4) is 0 Å². The Balaban J connectivity index is 1.23. The maximum Gasteiger partial charge on any atom is 0.0561 e. The third-order valence-electron chi connectivity index (χ3n) is 11.1. The van der Waals surface area contributed by atoms with E-state index in [-0.39, 0.29) is 0 Å². The van der Waals surface area contributed by atoms with Crippen LogP contribution in [-0.2, 0) is 0 Å². The second kappa shape index (κ2) is 10.1. The summed E-state index contributed by atoms with van der Waals surface area (Å²) in [5.74, 6) is 0. The Morgan fingerprint density at radius 3 is 1.51 bits per heavy atom. The highest BCUT2D eigenvalue weighted by Gasteiger charge is 2.19. The van der Waals surface area contributed by atoms with Gasteiger partial charge in [-0.1, -0.05) is 103 Å². The Morgan fingerprint density at radius 2 is 0.765 bits per heavy atom. The normalized spacial score (nSPS) is 12.3. The number of aromatic nitrogens is 2. The number of hydrogen-bond acceptors (Lipinski definition) is 1. The lowest BCUT2D eigenvalue weighted by Gasteiger charge is -2.13. The zero-order chi connectivity index (χ0) is 33.2. The van der Waals surface area contributed by atoms with Crippen LogP contribution >= 0.6 is 11.3 Å². The van der Waals surface area contributed by atoms with E-state index in [4.69, 9.17) is 0 Å². The first kappa shape index (κ1) is 27.4. The maximum absolute atomic E-state index is 2.48. The Bertz CT molecular complexity index is 3410. The van der Waals surface area contributed by atoms with Crippen molar-refractivity contribution in [2.24, 2.45) is 0 Å². The zero-order valence-electron chi connectivity index (χ0n) is 27.5. The summed E-state index contributed by atoms with van der Waals surface area (Å²) in [6, 6.07) is 63.0. The summed E-state index contributed by atoms with van der Waals surface area (Å²) < 4.78 is 7.56. The second-order valence-electron chi connectivity index (χ2n) is 13.7. The fourth-order valence-electron chi connectivity index (χ4n) is 8.86. The van der Waals surface area contributed by atoms with E-state index in [2.05, 4.69) is 179 Å². The molecule has 0 atom stereocenters. The summed E-state index contributed by atoms with van der Waals surface area (Å²) in [7, 11) is 0. The largest absolute Gasteiger partial charge is 0.309 e. The molecular formula is C48H28N2S. The van der Waals surface area contributed by atoms with Crippen molar-refractivity contribution >= 4 is 107 Å². The van der Waals surface area contributed by atoms with Gasteiger partial charge in [0.15, 0.2) is 0 Å². The predicted octanol–water partition coefficient (Wildman–Crippen LogP) is 13.7. The topological polar surface area (TPSA) is 9.86 Å². The van der Waals surface area contributed by atoms with Crippen LogP contribution in [0, 0.1) is 0 Å². The summed E-state index contributed by atoms with van der Waals surface area (Å²) in [5.41, 5.74) is 7.18. The smallest absolute Gasteiger partial charge is 0.0561 e. The van der Waals surface area contributed by atoms with Crippen LogP contribution in [0.1, 0.15) is 0 Å². The summed E-state index contributed by atoms with van der Waals surface area (Å²) in [6.07, 6.45) is 0. The fraction of sp³-hybridized carbons (Fsp3) is 0. The minimum absolute atomic E-state index is 1.16. The highest BCUT2D eigenvalue weighted by atomic mass is 32.1. The lowest BCUT2D eigenvalue weighted by molar-refractivity contribution is 1.16. The molecule has 3 aromatic heterocycles. The summed E-state index contributed by atoms with van der Waals surface area (Å²) in [6.45, 7) is 0. The van der Waals surface area contributed by atoms with Crippen LogP contribution in [0.25, 0.3) is 107 Å². The number of benzene rings is 9. The molecule has 0 spiro atoms. The van der Waals surface area contributed by atoms with Crippen molar-refractivity contribution in [2.45, 2.75) is 0 Å². The van der Waals surface area contributed by atoms with Gasteiger partial charge in [0.25, 0.3) is 0 Å². The van der Waals surface area contributed by atoms with Crippen molar-refractivity contribution in [1.82, 2.24) is 9.13 Å². The van der Waals surface area contributed by atoms with E-state index in [1.165, 1.54) is 102 Å². The van der Waals surface area contributed by atoms with Gasteiger partial charge < -0.3 is 9.13 Å². The maximum atomic E-state index is 2.48. The van der Waals surface area contributed by atoms with Gasteiger partial charge in [-0.3, -0.25) is 0 Å². The Kier molecular flexibility index (Phi) is 5.41. The first-order valence-corrected chi connectivity index (χ1v) is 18.3. The van der Waals surface area contributed by atoms with Crippen molar-refractivity contribution in [3.63, 3.8) is 0 Å². The van der Waals surface area contributed by atoms with Crippen LogP contribution in [0.2, 0.25) is 0 Å². The van der Waals surface area contributed by atoms with Crippen LogP contribution < -0.4 is 0 Å². The molecule has 9 aromatic carbocycles. The van der Waals surface area contributed by atoms with Gasteiger partial charge >= 0.3 is 0 Å². The molecule has 0 fully saturated rings. The van der Waals surface area contributed by atoms with Crippen molar-refractivity contribution in [3.8, 4) is 11.4 Å². The van der Waals surface area contributed by atoms with E-state index in [0.717, 1.165) is 5.69 Å². The molecule has 0 N–H and O–H groups in total. The standard InChI is InChI=1S/C48H28N2S/c1-2-12-29(13-3-1)49-43-19-9-6-16-33(43)35-23-22-30(24-45(35)49)50-44-20-10-7-17-34(44)41-25-37-31-14-4-5-15-32(31)38-26-42-36-18-8-11-21-47(36)51-48(42)28-40(38)39(37)27-46(41)50/h1-28H. The first-order chi connectivity index (χ1) is 25.3. The first-order valence-electron chi connectivity index (χ1n) is 17.5.